The second-order valence-electron chi connectivity index (χ2n) is 6.47. The number of aromatic nitrogens is 1. The lowest BCUT2D eigenvalue weighted by Gasteiger charge is -2.11. The number of carbonyl (C=O) groups excluding carboxylic acids is 2. The maximum atomic E-state index is 12.4. The number of para-hydroxylation sites is 2. The third-order valence-corrected chi connectivity index (χ3v) is 4.14. The number of amides is 2. The molecule has 0 aliphatic rings. The van der Waals surface area contributed by atoms with Gasteiger partial charge in [-0.2, -0.15) is 13.2 Å². The Labute approximate surface area is 181 Å². The molecule has 0 aliphatic carbocycles. The van der Waals surface area contributed by atoms with Crippen molar-refractivity contribution in [3.8, 4) is 11.6 Å². The highest BCUT2D eigenvalue weighted by atomic mass is 19.4. The van der Waals surface area contributed by atoms with Crippen molar-refractivity contribution in [2.45, 2.75) is 6.18 Å². The Balaban J connectivity index is 1.59. The summed E-state index contributed by atoms with van der Waals surface area (Å²) in [5.74, 6) is -0.602. The third kappa shape index (κ3) is 6.21. The number of nitrogens with one attached hydrogen (secondary N) is 2. The van der Waals surface area contributed by atoms with E-state index >= 15 is 0 Å². The van der Waals surface area contributed by atoms with Gasteiger partial charge in [0.1, 0.15) is 5.75 Å². The number of alkyl halides is 3. The van der Waals surface area contributed by atoms with E-state index in [4.69, 9.17) is 4.74 Å². The van der Waals surface area contributed by atoms with E-state index in [1.54, 1.807) is 36.4 Å². The molecule has 0 atom stereocenters. The first-order chi connectivity index (χ1) is 15.2. The molecule has 32 heavy (non-hydrogen) atoms. The van der Waals surface area contributed by atoms with Crippen molar-refractivity contribution < 1.29 is 32.2 Å². The van der Waals surface area contributed by atoms with Crippen molar-refractivity contribution in [2.75, 3.05) is 24.4 Å². The summed E-state index contributed by atoms with van der Waals surface area (Å²) < 4.78 is 46.2. The maximum absolute atomic E-state index is 12.4. The van der Waals surface area contributed by atoms with Crippen LogP contribution in [0.15, 0.2) is 66.9 Å². The van der Waals surface area contributed by atoms with Gasteiger partial charge in [-0.25, -0.2) is 4.98 Å². The van der Waals surface area contributed by atoms with Crippen LogP contribution in [0.1, 0.15) is 20.7 Å². The van der Waals surface area contributed by atoms with Crippen LogP contribution in [-0.2, 0) is 0 Å². The number of ether oxygens (including phenoxy) is 2. The number of hydrogen-bond donors (Lipinski definition) is 2. The maximum Gasteiger partial charge on any atom is 0.422 e. The largest absolute Gasteiger partial charge is 0.495 e. The molecule has 0 saturated heterocycles. The van der Waals surface area contributed by atoms with Crippen LogP contribution in [-0.4, -0.2) is 36.7 Å². The second-order valence-corrected chi connectivity index (χ2v) is 6.47. The number of pyridine rings is 1. The summed E-state index contributed by atoms with van der Waals surface area (Å²) in [6.07, 6.45) is -3.37. The average molecular weight is 445 g/mol. The van der Waals surface area contributed by atoms with Crippen molar-refractivity contribution >= 4 is 23.2 Å². The molecule has 0 aliphatic heterocycles. The fourth-order valence-corrected chi connectivity index (χ4v) is 2.61. The van der Waals surface area contributed by atoms with Gasteiger partial charge in [0.05, 0.1) is 18.4 Å². The molecule has 10 heteroatoms. The van der Waals surface area contributed by atoms with E-state index in [0.29, 0.717) is 22.7 Å². The van der Waals surface area contributed by atoms with Gasteiger partial charge in [0, 0.05) is 23.5 Å². The fraction of sp³-hybridized carbons (Fsp3) is 0.136. The lowest BCUT2D eigenvalue weighted by atomic mass is 10.1. The summed E-state index contributed by atoms with van der Waals surface area (Å²) in [6.45, 7) is -1.47. The minimum Gasteiger partial charge on any atom is -0.495 e. The number of nitrogens with zero attached hydrogens (tertiary/aromatic N) is 1. The van der Waals surface area contributed by atoms with Crippen molar-refractivity contribution in [2.24, 2.45) is 0 Å². The fourth-order valence-electron chi connectivity index (χ4n) is 2.61. The molecule has 0 spiro atoms. The third-order valence-electron chi connectivity index (χ3n) is 4.14. The van der Waals surface area contributed by atoms with E-state index in [2.05, 4.69) is 20.4 Å². The van der Waals surface area contributed by atoms with E-state index < -0.39 is 18.7 Å². The highest BCUT2D eigenvalue weighted by molar-refractivity contribution is 6.06. The Morgan fingerprint density at radius 3 is 2.19 bits per heavy atom. The van der Waals surface area contributed by atoms with Crippen LogP contribution in [0, 0.1) is 0 Å². The number of methoxy groups -OCH3 is 1. The van der Waals surface area contributed by atoms with Crippen LogP contribution >= 0.6 is 0 Å². The summed E-state index contributed by atoms with van der Waals surface area (Å²) >= 11 is 0. The van der Waals surface area contributed by atoms with E-state index in [0.717, 1.165) is 6.20 Å². The molecule has 166 valence electrons. The molecule has 3 aromatic rings. The van der Waals surface area contributed by atoms with Gasteiger partial charge < -0.3 is 20.1 Å². The average Bonchev–Trinajstić information content (AvgIpc) is 2.78. The SMILES string of the molecule is COc1ccccc1NC(=O)c1ccc(NC(=O)c2ccc(OCC(F)(F)F)nc2)cc1. The first-order valence-corrected chi connectivity index (χ1v) is 9.26. The predicted molar refractivity (Wildman–Crippen MR) is 111 cm³/mol. The van der Waals surface area contributed by atoms with Gasteiger partial charge in [0.25, 0.3) is 11.8 Å². The molecule has 1 aromatic heterocycles. The zero-order chi connectivity index (χ0) is 23.1. The lowest BCUT2D eigenvalue weighted by molar-refractivity contribution is -0.154. The highest BCUT2D eigenvalue weighted by Crippen LogP contribution is 2.24. The van der Waals surface area contributed by atoms with E-state index in [9.17, 15) is 22.8 Å². The second kappa shape index (κ2) is 9.82. The van der Waals surface area contributed by atoms with Gasteiger partial charge in [-0.1, -0.05) is 12.1 Å². The Bertz CT molecular complexity index is 1080. The van der Waals surface area contributed by atoms with Crippen LogP contribution in [0.2, 0.25) is 0 Å². The molecule has 0 unspecified atom stereocenters. The number of hydrogen-bond acceptors (Lipinski definition) is 5. The predicted octanol–water partition coefficient (Wildman–Crippen LogP) is 4.54. The molecule has 0 saturated carbocycles. The smallest absolute Gasteiger partial charge is 0.422 e. The van der Waals surface area contributed by atoms with Crippen LogP contribution < -0.4 is 20.1 Å². The summed E-state index contributed by atoms with van der Waals surface area (Å²) in [6, 6.07) is 15.6. The standard InChI is InChI=1S/C22H18F3N3O4/c1-31-18-5-3-2-4-17(18)28-20(29)14-6-9-16(10-7-14)27-21(30)15-8-11-19(26-12-15)32-13-22(23,24)25/h2-12H,13H2,1H3,(H,27,30)(H,28,29). The van der Waals surface area contributed by atoms with Gasteiger partial charge in [-0.3, -0.25) is 9.59 Å². The van der Waals surface area contributed by atoms with Crippen molar-refractivity contribution in [3.05, 3.63) is 78.0 Å². The number of anilines is 2. The minimum atomic E-state index is -4.48. The quantitative estimate of drug-likeness (QED) is 0.558. The van der Waals surface area contributed by atoms with Gasteiger partial charge >= 0.3 is 6.18 Å². The number of carbonyl (C=O) groups is 2. The molecule has 2 amide bonds. The normalized spacial score (nSPS) is 10.9. The molecular formula is C22H18F3N3O4. The van der Waals surface area contributed by atoms with E-state index in [-0.39, 0.29) is 17.4 Å². The molecule has 3 rings (SSSR count). The van der Waals surface area contributed by atoms with E-state index in [1.165, 1.54) is 31.4 Å². The van der Waals surface area contributed by atoms with Crippen LogP contribution in [0.25, 0.3) is 0 Å². The zero-order valence-electron chi connectivity index (χ0n) is 16.8. The Morgan fingerprint density at radius 1 is 0.906 bits per heavy atom. The molecule has 2 aromatic carbocycles. The molecule has 1 heterocycles. The summed E-state index contributed by atoms with van der Waals surface area (Å²) in [5.41, 5.74) is 1.43. The topological polar surface area (TPSA) is 89.6 Å². The summed E-state index contributed by atoms with van der Waals surface area (Å²) in [4.78, 5) is 28.4. The Kier molecular flexibility index (Phi) is 6.93. The first kappa shape index (κ1) is 22.6. The van der Waals surface area contributed by atoms with Gasteiger partial charge in [-0.05, 0) is 42.5 Å². The molecule has 2 N–H and O–H groups in total. The van der Waals surface area contributed by atoms with E-state index in [1.807, 2.05) is 0 Å². The van der Waals surface area contributed by atoms with Crippen molar-refractivity contribution in [1.82, 2.24) is 4.98 Å². The zero-order valence-corrected chi connectivity index (χ0v) is 16.8. The van der Waals surface area contributed by atoms with Gasteiger partial charge in [-0.15, -0.1) is 0 Å². The van der Waals surface area contributed by atoms with Crippen LogP contribution in [0.4, 0.5) is 24.5 Å². The first-order valence-electron chi connectivity index (χ1n) is 9.26. The highest BCUT2D eigenvalue weighted by Gasteiger charge is 2.28. The number of halogens is 3. The molecular weight excluding hydrogens is 427 g/mol. The molecule has 0 fully saturated rings. The molecule has 0 bridgehead atoms. The van der Waals surface area contributed by atoms with Crippen LogP contribution in [0.5, 0.6) is 11.6 Å². The van der Waals surface area contributed by atoms with Crippen molar-refractivity contribution in [1.29, 1.82) is 0 Å². The number of benzene rings is 2. The monoisotopic (exact) mass is 445 g/mol. The Morgan fingerprint density at radius 2 is 1.56 bits per heavy atom. The Hall–Kier alpha value is -4.08. The van der Waals surface area contributed by atoms with Crippen LogP contribution in [0.3, 0.4) is 0 Å². The molecule has 0 radical (unpaired) electrons. The van der Waals surface area contributed by atoms with Gasteiger partial charge in [0.2, 0.25) is 5.88 Å². The minimum absolute atomic E-state index is 0.127. The van der Waals surface area contributed by atoms with Gasteiger partial charge in [0.15, 0.2) is 6.61 Å². The summed E-state index contributed by atoms with van der Waals surface area (Å²) in [5, 5.41) is 5.36. The number of rotatable bonds is 7. The molecule has 7 nitrogen and oxygen atoms in total. The summed E-state index contributed by atoms with van der Waals surface area (Å²) in [7, 11) is 1.50. The lowest BCUT2D eigenvalue weighted by Crippen LogP contribution is -2.19. The van der Waals surface area contributed by atoms with Crippen molar-refractivity contribution in [3.63, 3.8) is 0 Å².